The predicted octanol–water partition coefficient (Wildman–Crippen LogP) is 1.19. The van der Waals surface area contributed by atoms with Gasteiger partial charge in [0, 0.05) is 6.20 Å². The Labute approximate surface area is 116 Å². The smallest absolute Gasteiger partial charge is 0.243 e. The lowest BCUT2D eigenvalue weighted by Gasteiger charge is -2.08. The van der Waals surface area contributed by atoms with Crippen LogP contribution in [0.4, 0.5) is 4.39 Å². The van der Waals surface area contributed by atoms with Crippen LogP contribution in [0.5, 0.6) is 0 Å². The zero-order valence-electron chi connectivity index (χ0n) is 10.5. The van der Waals surface area contributed by atoms with Crippen molar-refractivity contribution in [3.05, 3.63) is 59.7 Å². The molecule has 2 aromatic rings. The highest BCUT2D eigenvalue weighted by atomic mass is 32.2. The van der Waals surface area contributed by atoms with E-state index in [1.807, 2.05) is 0 Å². The molecule has 0 bridgehead atoms. The molecule has 106 valence electrons. The van der Waals surface area contributed by atoms with Gasteiger partial charge in [-0.05, 0) is 29.8 Å². The molecule has 2 rings (SSSR count). The quantitative estimate of drug-likeness (QED) is 0.868. The second-order valence-corrected chi connectivity index (χ2v) is 5.80. The SMILES string of the molecule is O=S(=O)(NCc1ccccn1)c1cc(CO)ccc1F. The standard InChI is InChI=1S/C13H13FN2O3S/c14-12-5-4-10(9-17)7-13(12)20(18,19)16-8-11-3-1-2-6-15-11/h1-7,16-17H,8-9H2. The van der Waals surface area contributed by atoms with Gasteiger partial charge in [-0.2, -0.15) is 0 Å². The third-order valence-corrected chi connectivity index (χ3v) is 4.05. The molecule has 2 N–H and O–H groups in total. The lowest BCUT2D eigenvalue weighted by atomic mass is 10.2. The van der Waals surface area contributed by atoms with Gasteiger partial charge in [0.1, 0.15) is 10.7 Å². The number of benzene rings is 1. The van der Waals surface area contributed by atoms with Crippen molar-refractivity contribution in [3.63, 3.8) is 0 Å². The van der Waals surface area contributed by atoms with Crippen LogP contribution in [-0.2, 0) is 23.2 Å². The van der Waals surface area contributed by atoms with Crippen LogP contribution < -0.4 is 4.72 Å². The molecule has 0 saturated carbocycles. The van der Waals surface area contributed by atoms with Crippen molar-refractivity contribution in [1.29, 1.82) is 0 Å². The first kappa shape index (κ1) is 14.6. The number of aliphatic hydroxyl groups is 1. The van der Waals surface area contributed by atoms with Crippen molar-refractivity contribution < 1.29 is 17.9 Å². The summed E-state index contributed by atoms with van der Waals surface area (Å²) in [5.41, 5.74) is 0.847. The monoisotopic (exact) mass is 296 g/mol. The number of halogens is 1. The fourth-order valence-electron chi connectivity index (χ4n) is 1.60. The molecule has 1 aromatic carbocycles. The van der Waals surface area contributed by atoms with Crippen LogP contribution in [0.1, 0.15) is 11.3 Å². The van der Waals surface area contributed by atoms with Gasteiger partial charge in [-0.15, -0.1) is 0 Å². The molecule has 0 aliphatic heterocycles. The summed E-state index contributed by atoms with van der Waals surface area (Å²) in [5.74, 6) is -0.865. The van der Waals surface area contributed by atoms with Crippen LogP contribution in [0.15, 0.2) is 47.5 Å². The Morgan fingerprint density at radius 1 is 1.25 bits per heavy atom. The Morgan fingerprint density at radius 3 is 2.70 bits per heavy atom. The molecule has 5 nitrogen and oxygen atoms in total. The van der Waals surface area contributed by atoms with E-state index in [0.717, 1.165) is 12.1 Å². The van der Waals surface area contributed by atoms with Gasteiger partial charge in [0.15, 0.2) is 0 Å². The number of pyridine rings is 1. The van der Waals surface area contributed by atoms with Crippen LogP contribution in [0.3, 0.4) is 0 Å². The van der Waals surface area contributed by atoms with Crippen LogP contribution in [0.2, 0.25) is 0 Å². The molecular formula is C13H13FN2O3S. The third-order valence-electron chi connectivity index (χ3n) is 2.64. The molecule has 20 heavy (non-hydrogen) atoms. The molecule has 1 heterocycles. The highest BCUT2D eigenvalue weighted by molar-refractivity contribution is 7.89. The first-order valence-electron chi connectivity index (χ1n) is 5.82. The number of nitrogens with zero attached hydrogens (tertiary/aromatic N) is 1. The maximum atomic E-state index is 13.6. The third kappa shape index (κ3) is 3.38. The van der Waals surface area contributed by atoms with Gasteiger partial charge >= 0.3 is 0 Å². The summed E-state index contributed by atoms with van der Waals surface area (Å²) in [6, 6.07) is 8.54. The van der Waals surface area contributed by atoms with Crippen LogP contribution in [0, 0.1) is 5.82 Å². The largest absolute Gasteiger partial charge is 0.392 e. The molecule has 7 heteroatoms. The summed E-state index contributed by atoms with van der Waals surface area (Å²) in [7, 11) is -4.00. The Kier molecular flexibility index (Phi) is 4.43. The van der Waals surface area contributed by atoms with E-state index in [-0.39, 0.29) is 13.2 Å². The van der Waals surface area contributed by atoms with Crippen LogP contribution in [-0.4, -0.2) is 18.5 Å². The van der Waals surface area contributed by atoms with E-state index in [1.54, 1.807) is 18.2 Å². The fourth-order valence-corrected chi connectivity index (χ4v) is 2.73. The van der Waals surface area contributed by atoms with Crippen molar-refractivity contribution in [3.8, 4) is 0 Å². The van der Waals surface area contributed by atoms with Crippen LogP contribution in [0.25, 0.3) is 0 Å². The van der Waals surface area contributed by atoms with E-state index in [2.05, 4.69) is 9.71 Å². The maximum absolute atomic E-state index is 13.6. The normalized spacial score (nSPS) is 11.5. The first-order chi connectivity index (χ1) is 9.53. The molecule has 1 aromatic heterocycles. The maximum Gasteiger partial charge on any atom is 0.243 e. The van der Waals surface area contributed by atoms with Gasteiger partial charge in [-0.3, -0.25) is 4.98 Å². The van der Waals surface area contributed by atoms with Crippen LogP contribution >= 0.6 is 0 Å². The number of rotatable bonds is 5. The summed E-state index contributed by atoms with van der Waals surface area (Å²) in [5, 5.41) is 8.98. The fraction of sp³-hybridized carbons (Fsp3) is 0.154. The van der Waals surface area contributed by atoms with Crippen molar-refractivity contribution in [2.24, 2.45) is 0 Å². The molecule has 0 fully saturated rings. The number of aliphatic hydroxyl groups excluding tert-OH is 1. The average molecular weight is 296 g/mol. The predicted molar refractivity (Wildman–Crippen MR) is 70.6 cm³/mol. The summed E-state index contributed by atoms with van der Waals surface area (Å²) >= 11 is 0. The van der Waals surface area contributed by atoms with E-state index < -0.39 is 20.7 Å². The van der Waals surface area contributed by atoms with E-state index in [4.69, 9.17) is 5.11 Å². The number of hydrogen-bond acceptors (Lipinski definition) is 4. The summed E-state index contributed by atoms with van der Waals surface area (Å²) in [4.78, 5) is 3.48. The molecule has 0 spiro atoms. The van der Waals surface area contributed by atoms with Gasteiger partial charge in [-0.1, -0.05) is 12.1 Å². The minimum Gasteiger partial charge on any atom is -0.392 e. The second kappa shape index (κ2) is 6.08. The minimum atomic E-state index is -4.00. The van der Waals surface area contributed by atoms with E-state index >= 15 is 0 Å². The molecular weight excluding hydrogens is 283 g/mol. The highest BCUT2D eigenvalue weighted by Crippen LogP contribution is 2.16. The lowest BCUT2D eigenvalue weighted by Crippen LogP contribution is -2.24. The molecule has 0 unspecified atom stereocenters. The number of hydrogen-bond donors (Lipinski definition) is 2. The summed E-state index contributed by atoms with van der Waals surface area (Å²) in [6.45, 7) is -0.394. The Morgan fingerprint density at radius 2 is 2.05 bits per heavy atom. The average Bonchev–Trinajstić information content (AvgIpc) is 2.47. The Bertz CT molecular complexity index is 690. The first-order valence-corrected chi connectivity index (χ1v) is 7.30. The zero-order valence-corrected chi connectivity index (χ0v) is 11.3. The van der Waals surface area contributed by atoms with Crippen molar-refractivity contribution >= 4 is 10.0 Å². The van der Waals surface area contributed by atoms with Crippen molar-refractivity contribution in [2.45, 2.75) is 18.0 Å². The number of nitrogens with one attached hydrogen (secondary N) is 1. The van der Waals surface area contributed by atoms with E-state index in [0.29, 0.717) is 11.3 Å². The van der Waals surface area contributed by atoms with Crippen molar-refractivity contribution in [2.75, 3.05) is 0 Å². The lowest BCUT2D eigenvalue weighted by molar-refractivity contribution is 0.281. The van der Waals surface area contributed by atoms with E-state index in [9.17, 15) is 12.8 Å². The molecule has 0 amide bonds. The van der Waals surface area contributed by atoms with Gasteiger partial charge < -0.3 is 5.11 Å². The Hall–Kier alpha value is -1.83. The summed E-state index contributed by atoms with van der Waals surface area (Å²) < 4.78 is 40.0. The molecule has 0 atom stereocenters. The minimum absolute atomic E-state index is 0.0357. The molecule has 0 aliphatic rings. The van der Waals surface area contributed by atoms with Crippen molar-refractivity contribution in [1.82, 2.24) is 9.71 Å². The number of sulfonamides is 1. The topological polar surface area (TPSA) is 79.3 Å². The van der Waals surface area contributed by atoms with Gasteiger partial charge in [0.05, 0.1) is 18.8 Å². The molecule has 0 radical (unpaired) electrons. The van der Waals surface area contributed by atoms with Gasteiger partial charge in [-0.25, -0.2) is 17.5 Å². The second-order valence-electron chi connectivity index (χ2n) is 4.07. The Balaban J connectivity index is 2.22. The summed E-state index contributed by atoms with van der Waals surface area (Å²) in [6.07, 6.45) is 1.54. The van der Waals surface area contributed by atoms with Gasteiger partial charge in [0.25, 0.3) is 0 Å². The highest BCUT2D eigenvalue weighted by Gasteiger charge is 2.19. The number of aromatic nitrogens is 1. The van der Waals surface area contributed by atoms with Gasteiger partial charge in [0.2, 0.25) is 10.0 Å². The zero-order chi connectivity index (χ0) is 14.6. The molecule has 0 aliphatic carbocycles. The molecule has 0 saturated heterocycles. The van der Waals surface area contributed by atoms with E-state index in [1.165, 1.54) is 12.3 Å².